The standard InChI is InChI=1S/C18H17ClO3/c1-21-15-9-10-16(22-2)17-14(15)8-7-13(18(17)20)11-3-5-12(19)6-4-11/h3-10,13,18,20H,1-2H3/t13-,18-/m0/s1. The van der Waals surface area contributed by atoms with Crippen LogP contribution in [0.1, 0.15) is 28.7 Å². The van der Waals surface area contributed by atoms with Gasteiger partial charge in [0, 0.05) is 22.1 Å². The van der Waals surface area contributed by atoms with Crippen molar-refractivity contribution in [2.24, 2.45) is 0 Å². The van der Waals surface area contributed by atoms with Gasteiger partial charge in [-0.25, -0.2) is 0 Å². The lowest BCUT2D eigenvalue weighted by Gasteiger charge is -2.28. The maximum Gasteiger partial charge on any atom is 0.126 e. The predicted octanol–water partition coefficient (Wildman–Crippen LogP) is 4.20. The summed E-state index contributed by atoms with van der Waals surface area (Å²) in [5.74, 6) is 1.23. The molecular formula is C18H17ClO3. The fourth-order valence-corrected chi connectivity index (χ4v) is 3.02. The van der Waals surface area contributed by atoms with Gasteiger partial charge in [0.15, 0.2) is 0 Å². The Hall–Kier alpha value is -1.97. The summed E-state index contributed by atoms with van der Waals surface area (Å²) in [6.45, 7) is 0. The third kappa shape index (κ3) is 2.47. The molecule has 1 N–H and O–H groups in total. The number of fused-ring (bicyclic) bond motifs is 1. The number of aliphatic hydroxyl groups excluding tert-OH is 1. The highest BCUT2D eigenvalue weighted by Crippen LogP contribution is 2.45. The molecule has 3 rings (SSSR count). The van der Waals surface area contributed by atoms with Crippen molar-refractivity contribution in [3.8, 4) is 11.5 Å². The Morgan fingerprint density at radius 1 is 0.955 bits per heavy atom. The molecule has 0 bridgehead atoms. The Labute approximate surface area is 134 Å². The van der Waals surface area contributed by atoms with Crippen molar-refractivity contribution in [2.75, 3.05) is 14.2 Å². The monoisotopic (exact) mass is 316 g/mol. The molecular weight excluding hydrogens is 300 g/mol. The second kappa shape index (κ2) is 6.03. The Morgan fingerprint density at radius 2 is 1.59 bits per heavy atom. The zero-order valence-electron chi connectivity index (χ0n) is 12.4. The van der Waals surface area contributed by atoms with Crippen LogP contribution in [0.4, 0.5) is 0 Å². The number of benzene rings is 2. The smallest absolute Gasteiger partial charge is 0.126 e. The molecule has 3 nitrogen and oxygen atoms in total. The number of methoxy groups -OCH3 is 2. The van der Waals surface area contributed by atoms with Gasteiger partial charge in [-0.1, -0.05) is 35.9 Å². The van der Waals surface area contributed by atoms with Crippen molar-refractivity contribution < 1.29 is 14.6 Å². The quantitative estimate of drug-likeness (QED) is 0.922. The van der Waals surface area contributed by atoms with E-state index < -0.39 is 6.10 Å². The molecule has 1 aliphatic rings. The highest BCUT2D eigenvalue weighted by Gasteiger charge is 2.30. The van der Waals surface area contributed by atoms with E-state index in [0.717, 1.165) is 22.4 Å². The Balaban J connectivity index is 2.09. The summed E-state index contributed by atoms with van der Waals surface area (Å²) < 4.78 is 10.8. The first-order chi connectivity index (χ1) is 10.7. The molecule has 114 valence electrons. The van der Waals surface area contributed by atoms with Crippen molar-refractivity contribution in [1.82, 2.24) is 0 Å². The molecule has 2 aromatic rings. The van der Waals surface area contributed by atoms with Crippen LogP contribution in [0.25, 0.3) is 6.08 Å². The van der Waals surface area contributed by atoms with Gasteiger partial charge in [0.05, 0.1) is 20.3 Å². The van der Waals surface area contributed by atoms with Gasteiger partial charge in [0.25, 0.3) is 0 Å². The van der Waals surface area contributed by atoms with Gasteiger partial charge in [-0.05, 0) is 29.8 Å². The lowest BCUT2D eigenvalue weighted by atomic mass is 9.82. The normalized spacial score (nSPS) is 19.6. The van der Waals surface area contributed by atoms with E-state index in [1.165, 1.54) is 0 Å². The van der Waals surface area contributed by atoms with Crippen LogP contribution >= 0.6 is 11.6 Å². The van der Waals surface area contributed by atoms with Crippen LogP contribution in [-0.2, 0) is 0 Å². The Bertz CT molecular complexity index is 707. The first-order valence-corrected chi connectivity index (χ1v) is 7.40. The second-order valence-corrected chi connectivity index (χ2v) is 5.62. The average molecular weight is 317 g/mol. The molecule has 1 aliphatic carbocycles. The summed E-state index contributed by atoms with van der Waals surface area (Å²) in [5, 5.41) is 11.5. The molecule has 22 heavy (non-hydrogen) atoms. The van der Waals surface area contributed by atoms with Crippen molar-refractivity contribution in [3.63, 3.8) is 0 Å². The molecule has 2 atom stereocenters. The summed E-state index contributed by atoms with van der Waals surface area (Å²) >= 11 is 5.94. The SMILES string of the molecule is COc1ccc(OC)c2c1C=C[C@@H](c1ccc(Cl)cc1)[C@@H]2O. The minimum Gasteiger partial charge on any atom is -0.496 e. The van der Waals surface area contributed by atoms with Gasteiger partial charge in [0.2, 0.25) is 0 Å². The van der Waals surface area contributed by atoms with Crippen molar-refractivity contribution in [2.45, 2.75) is 12.0 Å². The van der Waals surface area contributed by atoms with Crippen LogP contribution in [0.2, 0.25) is 5.02 Å². The first kappa shape index (κ1) is 14.9. The fraction of sp³-hybridized carbons (Fsp3) is 0.222. The summed E-state index contributed by atoms with van der Waals surface area (Å²) in [6, 6.07) is 11.2. The van der Waals surface area contributed by atoms with Gasteiger partial charge in [0.1, 0.15) is 11.5 Å². The largest absolute Gasteiger partial charge is 0.496 e. The number of hydrogen-bond donors (Lipinski definition) is 1. The van der Waals surface area contributed by atoms with E-state index >= 15 is 0 Å². The summed E-state index contributed by atoms with van der Waals surface area (Å²) in [7, 11) is 3.22. The average Bonchev–Trinajstić information content (AvgIpc) is 2.55. The molecule has 4 heteroatoms. The van der Waals surface area contributed by atoms with Gasteiger partial charge < -0.3 is 14.6 Å². The van der Waals surface area contributed by atoms with E-state index in [1.54, 1.807) is 14.2 Å². The van der Waals surface area contributed by atoms with Crippen LogP contribution in [0.15, 0.2) is 42.5 Å². The minimum absolute atomic E-state index is 0.147. The van der Waals surface area contributed by atoms with Crippen LogP contribution in [0.3, 0.4) is 0 Å². The minimum atomic E-state index is -0.703. The first-order valence-electron chi connectivity index (χ1n) is 7.02. The third-order valence-electron chi connectivity index (χ3n) is 4.01. The van der Waals surface area contributed by atoms with Gasteiger partial charge in [-0.3, -0.25) is 0 Å². The molecule has 0 saturated heterocycles. The Kier molecular flexibility index (Phi) is 4.10. The van der Waals surface area contributed by atoms with E-state index in [1.807, 2.05) is 48.6 Å². The zero-order valence-corrected chi connectivity index (χ0v) is 13.2. The van der Waals surface area contributed by atoms with E-state index in [-0.39, 0.29) is 5.92 Å². The van der Waals surface area contributed by atoms with Gasteiger partial charge in [-0.15, -0.1) is 0 Å². The molecule has 0 amide bonds. The zero-order chi connectivity index (χ0) is 15.7. The molecule has 0 fully saturated rings. The molecule has 0 saturated carbocycles. The maximum absolute atomic E-state index is 10.9. The van der Waals surface area contributed by atoms with Crippen LogP contribution < -0.4 is 9.47 Å². The number of rotatable bonds is 3. The fourth-order valence-electron chi connectivity index (χ4n) is 2.89. The van der Waals surface area contributed by atoms with Crippen molar-refractivity contribution in [3.05, 3.63) is 64.2 Å². The lowest BCUT2D eigenvalue weighted by Crippen LogP contribution is -2.15. The molecule has 0 radical (unpaired) electrons. The topological polar surface area (TPSA) is 38.7 Å². The maximum atomic E-state index is 10.9. The molecule has 2 aromatic carbocycles. The lowest BCUT2D eigenvalue weighted by molar-refractivity contribution is 0.155. The van der Waals surface area contributed by atoms with Gasteiger partial charge in [-0.2, -0.15) is 0 Å². The second-order valence-electron chi connectivity index (χ2n) is 5.18. The molecule has 0 aromatic heterocycles. The van der Waals surface area contributed by atoms with Crippen molar-refractivity contribution in [1.29, 1.82) is 0 Å². The highest BCUT2D eigenvalue weighted by atomic mass is 35.5. The van der Waals surface area contributed by atoms with E-state index in [9.17, 15) is 5.11 Å². The number of halogens is 1. The van der Waals surface area contributed by atoms with Crippen LogP contribution in [0, 0.1) is 0 Å². The molecule has 0 aliphatic heterocycles. The molecule has 0 heterocycles. The number of ether oxygens (including phenoxy) is 2. The summed E-state index contributed by atoms with van der Waals surface area (Å²) in [6.07, 6.45) is 3.26. The highest BCUT2D eigenvalue weighted by molar-refractivity contribution is 6.30. The van der Waals surface area contributed by atoms with E-state index in [0.29, 0.717) is 10.8 Å². The third-order valence-corrected chi connectivity index (χ3v) is 4.26. The molecule has 0 unspecified atom stereocenters. The van der Waals surface area contributed by atoms with Crippen molar-refractivity contribution >= 4 is 17.7 Å². The van der Waals surface area contributed by atoms with Crippen LogP contribution in [0.5, 0.6) is 11.5 Å². The number of aliphatic hydroxyl groups is 1. The summed E-state index contributed by atoms with van der Waals surface area (Å²) in [4.78, 5) is 0. The van der Waals surface area contributed by atoms with Gasteiger partial charge >= 0.3 is 0 Å². The number of hydrogen-bond acceptors (Lipinski definition) is 3. The summed E-state index contributed by atoms with van der Waals surface area (Å²) in [5.41, 5.74) is 2.62. The predicted molar refractivity (Wildman–Crippen MR) is 87.7 cm³/mol. The molecule has 0 spiro atoms. The van der Waals surface area contributed by atoms with E-state index in [2.05, 4.69) is 0 Å². The Morgan fingerprint density at radius 3 is 2.23 bits per heavy atom. The van der Waals surface area contributed by atoms with Crippen LogP contribution in [-0.4, -0.2) is 19.3 Å². The van der Waals surface area contributed by atoms with E-state index in [4.69, 9.17) is 21.1 Å².